The summed E-state index contributed by atoms with van der Waals surface area (Å²) in [5.41, 5.74) is 7.76. The number of anilines is 4. The van der Waals surface area contributed by atoms with Gasteiger partial charge in [-0.3, -0.25) is 18.3 Å². The zero-order valence-electron chi connectivity index (χ0n) is 43.6. The number of quaternary nitrogens is 2. The molecule has 6 fully saturated rings. The molecule has 6 saturated heterocycles. The van der Waals surface area contributed by atoms with Crippen LogP contribution in [0.4, 0.5) is 23.8 Å². The first kappa shape index (κ1) is 63.2. The quantitative estimate of drug-likeness (QED) is 0.0521. The van der Waals surface area contributed by atoms with Gasteiger partial charge in [0.1, 0.15) is 113 Å². The maximum Gasteiger partial charge on any atom is 0.354 e. The lowest BCUT2D eigenvalue weighted by atomic mass is 10.1. The Bertz CT molecular complexity index is 2930. The van der Waals surface area contributed by atoms with Crippen LogP contribution in [-0.2, 0) is 28.4 Å². The number of nitrogens with two attached hydrogens (primary N) is 2. The van der Waals surface area contributed by atoms with E-state index in [-0.39, 0.29) is 72.5 Å². The van der Waals surface area contributed by atoms with E-state index in [9.17, 15) is 60.2 Å². The number of aliphatic hydroxyl groups excluding tert-OH is 10. The highest BCUT2D eigenvalue weighted by Gasteiger charge is 2.45. The normalized spacial score (nSPS) is 30.9. The molecule has 4 aromatic heterocycles. The molecule has 10 heterocycles. The van der Waals surface area contributed by atoms with Crippen LogP contribution in [0.3, 0.4) is 0 Å². The SMILES string of the molecule is Nc1ncn([C@@H]2O[C@H](CO)[C@H](O)C2O)c(=O)n1.Nc1ncn([C@H]2C[C@@H](O)[C@@H](CO)O2)c(=O)n1.O=c1nc(NC[N+]2(O)CCOCC2)ncn1[C@@H]1O[C@H](CO)[C@H](O)C1O.O=c1nc(NC[N+]2(O)CCOCC2)ncn1[C@H]1C[C@@H](O)[C@@H](CO)O1. The van der Waals surface area contributed by atoms with Crippen LogP contribution in [0.15, 0.2) is 44.5 Å². The van der Waals surface area contributed by atoms with Crippen molar-refractivity contribution >= 4 is 23.8 Å². The molecule has 40 nitrogen and oxygen atoms in total. The zero-order valence-corrected chi connectivity index (χ0v) is 43.6. The van der Waals surface area contributed by atoms with E-state index in [1.807, 2.05) is 0 Å². The predicted octanol–water partition coefficient (Wildman–Crippen LogP) is -10.6. The van der Waals surface area contributed by atoms with Gasteiger partial charge >= 0.3 is 22.8 Å². The summed E-state index contributed by atoms with van der Waals surface area (Å²) in [6, 6.07) is 0. The van der Waals surface area contributed by atoms with Gasteiger partial charge in [-0.15, -0.1) is 0 Å². The van der Waals surface area contributed by atoms with Gasteiger partial charge in [-0.05, 0) is 0 Å². The van der Waals surface area contributed by atoms with Gasteiger partial charge in [0.25, 0.3) is 0 Å². The summed E-state index contributed by atoms with van der Waals surface area (Å²) in [5.74, 6) is -0.186. The number of nitrogens with one attached hydrogen (secondary N) is 2. The minimum atomic E-state index is -1.39. The average Bonchev–Trinajstić information content (AvgIpc) is 4.41. The van der Waals surface area contributed by atoms with E-state index in [0.29, 0.717) is 52.6 Å². The number of hydrogen-bond donors (Lipinski definition) is 16. The summed E-state index contributed by atoms with van der Waals surface area (Å²) < 4.78 is 35.1. The first-order valence-corrected chi connectivity index (χ1v) is 25.4. The van der Waals surface area contributed by atoms with Crippen LogP contribution < -0.4 is 44.9 Å². The van der Waals surface area contributed by atoms with E-state index in [1.54, 1.807) is 0 Å². The van der Waals surface area contributed by atoms with E-state index >= 15 is 0 Å². The van der Waals surface area contributed by atoms with Crippen LogP contribution in [0.5, 0.6) is 0 Å². The largest absolute Gasteiger partial charge is 0.394 e. The minimum absolute atomic E-state index is 0.0195. The summed E-state index contributed by atoms with van der Waals surface area (Å²) in [6.45, 7) is 2.19. The molecule has 18 N–H and O–H groups in total. The molecule has 4 aromatic rings. The van der Waals surface area contributed by atoms with Crippen LogP contribution in [0.2, 0.25) is 0 Å². The molecule has 14 atom stereocenters. The Balaban J connectivity index is 0.000000160. The first-order chi connectivity index (χ1) is 39.1. The van der Waals surface area contributed by atoms with Crippen molar-refractivity contribution in [1.29, 1.82) is 0 Å². The maximum absolute atomic E-state index is 12.2. The Morgan fingerprint density at radius 3 is 1.12 bits per heavy atom. The van der Waals surface area contributed by atoms with Crippen LogP contribution >= 0.6 is 0 Å². The summed E-state index contributed by atoms with van der Waals surface area (Å²) >= 11 is 0. The molecule has 0 radical (unpaired) electrons. The van der Waals surface area contributed by atoms with Crippen molar-refractivity contribution in [3.8, 4) is 0 Å². The number of hydrogen-bond acceptors (Lipinski definition) is 34. The second kappa shape index (κ2) is 28.3. The van der Waals surface area contributed by atoms with E-state index in [2.05, 4.69) is 50.5 Å². The van der Waals surface area contributed by atoms with Gasteiger partial charge in [0.05, 0.1) is 65.1 Å². The number of hydroxylamine groups is 6. The van der Waals surface area contributed by atoms with Crippen molar-refractivity contribution in [2.75, 3.05) is 114 Å². The topological polar surface area (TPSA) is 565 Å². The molecule has 40 heteroatoms. The van der Waals surface area contributed by atoms with Gasteiger partial charge < -0.3 is 102 Å². The number of ether oxygens (including phenoxy) is 6. The van der Waals surface area contributed by atoms with Crippen molar-refractivity contribution in [3.05, 3.63) is 67.2 Å². The molecule has 6 aliphatic rings. The number of nitrogen functional groups attached to an aromatic ring is 2. The van der Waals surface area contributed by atoms with E-state index in [1.165, 1.54) is 17.2 Å². The molecule has 0 bridgehead atoms. The van der Waals surface area contributed by atoms with Crippen molar-refractivity contribution in [3.63, 3.8) is 0 Å². The molecule has 0 aliphatic carbocycles. The van der Waals surface area contributed by atoms with Gasteiger partial charge in [0, 0.05) is 12.8 Å². The highest BCUT2D eigenvalue weighted by Crippen LogP contribution is 2.30. The Labute approximate surface area is 460 Å². The second-order valence-electron chi connectivity index (χ2n) is 19.2. The maximum atomic E-state index is 12.2. The molecule has 0 spiro atoms. The Kier molecular flexibility index (Phi) is 21.8. The van der Waals surface area contributed by atoms with Crippen molar-refractivity contribution in [2.45, 2.75) is 98.8 Å². The predicted molar refractivity (Wildman–Crippen MR) is 265 cm³/mol. The molecular formula is C42H68N18O22+2. The molecule has 0 aromatic carbocycles. The fraction of sp³-hybridized carbons (Fsp3) is 0.714. The van der Waals surface area contributed by atoms with Gasteiger partial charge in [-0.1, -0.05) is 0 Å². The van der Waals surface area contributed by atoms with Crippen molar-refractivity contribution in [2.24, 2.45) is 0 Å². The monoisotopic (exact) mass is 1180 g/mol. The molecule has 2 unspecified atom stereocenters. The standard InChI is InChI=1S/C13H21N5O7.C13H21N5O6.C8H12N4O5.C8H12N4O4/c19-5-8-9(20)10(21)11(25-8)17-6-14-12(16-13(17)22)15-7-18(23)1-3-24-4-2-18;19-6-10-9(20)5-11(24-10)17-7-14-12(16-13(17)21)15-8-18(22)1-3-23-4-2-18;9-7-10-2-12(8(16)11-7)6-5(15)4(14)3(1-13)17-6;9-7-10-3-12(8(15)11-7)6-1-4(14)5(2-13)16-6/h6,8-11,19-21,23H,1-5,7H2;7,9-11,19-20,22H,1-6,8H2;2-6,13-15H,1H2,(H2,9,11,16);3-6,13-14H,1-2H2,(H2,9,11,15)/p+2/t8-,9+,10?,11-;9-,10-,11-;3-,4+,5?,6-;4-,5-,6-/m1111/s1. The molecule has 0 amide bonds. The minimum Gasteiger partial charge on any atom is -0.394 e. The summed E-state index contributed by atoms with van der Waals surface area (Å²) in [4.78, 5) is 76.8. The highest BCUT2D eigenvalue weighted by molar-refractivity contribution is 5.20. The van der Waals surface area contributed by atoms with Crippen LogP contribution in [0, 0.1) is 0 Å². The third-order valence-electron chi connectivity index (χ3n) is 13.6. The molecule has 10 rings (SSSR count). The molecule has 6 aliphatic heterocycles. The van der Waals surface area contributed by atoms with Crippen molar-refractivity contribution in [1.82, 2.24) is 58.1 Å². The Hall–Kier alpha value is -6.36. The lowest BCUT2D eigenvalue weighted by Crippen LogP contribution is -2.55. The molecule has 0 saturated carbocycles. The van der Waals surface area contributed by atoms with Gasteiger partial charge in [-0.25, -0.2) is 49.5 Å². The lowest BCUT2D eigenvalue weighted by molar-refractivity contribution is -1.10. The zero-order chi connectivity index (χ0) is 59.5. The Morgan fingerprint density at radius 2 is 0.805 bits per heavy atom. The fourth-order valence-electron chi connectivity index (χ4n) is 8.75. The van der Waals surface area contributed by atoms with E-state index in [4.69, 9.17) is 60.3 Å². The molecule has 456 valence electrons. The first-order valence-electron chi connectivity index (χ1n) is 25.4. The van der Waals surface area contributed by atoms with E-state index in [0.717, 1.165) is 26.4 Å². The summed E-state index contributed by atoms with van der Waals surface area (Å²) in [7, 11) is 0. The molecule has 82 heavy (non-hydrogen) atoms. The third-order valence-corrected chi connectivity index (χ3v) is 13.6. The van der Waals surface area contributed by atoms with Crippen molar-refractivity contribution < 1.29 is 99.2 Å². The number of morpholine rings is 2. The number of nitrogens with zero attached hydrogens (tertiary/aromatic N) is 14. The van der Waals surface area contributed by atoms with E-state index < -0.39 is 122 Å². The number of aromatic nitrogens is 12. The summed E-state index contributed by atoms with van der Waals surface area (Å²) in [6.07, 6.45) is -9.02. The average molecular weight is 1180 g/mol. The van der Waals surface area contributed by atoms with Crippen LogP contribution in [-0.4, -0.2) is 282 Å². The summed E-state index contributed by atoms with van der Waals surface area (Å²) in [5, 5.41) is 120. The van der Waals surface area contributed by atoms with Crippen LogP contribution in [0.25, 0.3) is 0 Å². The van der Waals surface area contributed by atoms with Gasteiger partial charge in [0.15, 0.2) is 25.8 Å². The fourth-order valence-corrected chi connectivity index (χ4v) is 8.75. The molecular weight excluding hydrogens is 1110 g/mol. The highest BCUT2D eigenvalue weighted by atomic mass is 16.6. The third kappa shape index (κ3) is 15.6. The van der Waals surface area contributed by atoms with Crippen LogP contribution in [0.1, 0.15) is 37.8 Å². The smallest absolute Gasteiger partial charge is 0.354 e. The lowest BCUT2D eigenvalue weighted by Gasteiger charge is -2.33. The second-order valence-corrected chi connectivity index (χ2v) is 19.2. The number of rotatable bonds is 14. The Morgan fingerprint density at radius 1 is 0.476 bits per heavy atom. The van der Waals surface area contributed by atoms with Gasteiger partial charge in [-0.2, -0.15) is 29.2 Å². The number of aliphatic hydroxyl groups is 10. The van der Waals surface area contributed by atoms with Gasteiger partial charge in [0.2, 0.25) is 23.8 Å².